The van der Waals surface area contributed by atoms with E-state index in [9.17, 15) is 9.90 Å². The number of aryl methyl sites for hydroxylation is 2. The Bertz CT molecular complexity index is 558. The summed E-state index contributed by atoms with van der Waals surface area (Å²) in [6.07, 6.45) is 0. The molecule has 1 amide bonds. The third-order valence-electron chi connectivity index (χ3n) is 2.44. The molecule has 0 radical (unpaired) electrons. The summed E-state index contributed by atoms with van der Waals surface area (Å²) < 4.78 is 5.28. The van der Waals surface area contributed by atoms with Gasteiger partial charge in [-0.2, -0.15) is 0 Å². The summed E-state index contributed by atoms with van der Waals surface area (Å²) in [4.78, 5) is 11.9. The lowest BCUT2D eigenvalue weighted by molar-refractivity contribution is 0.102. The maximum Gasteiger partial charge on any atom is 0.259 e. The first-order valence-corrected chi connectivity index (χ1v) is 5.24. The Labute approximate surface area is 98.9 Å². The minimum absolute atomic E-state index is 0.0405. The first-order chi connectivity index (χ1) is 8.08. The molecule has 17 heavy (non-hydrogen) atoms. The van der Waals surface area contributed by atoms with Crippen molar-refractivity contribution in [2.45, 2.75) is 13.8 Å². The van der Waals surface area contributed by atoms with Crippen molar-refractivity contribution < 1.29 is 14.3 Å². The standard InChI is InChI=1S/C13H13NO3/c1-8-7-10(9(2)17-8)13(16)14-11-5-3-4-6-12(11)15/h3-7,15H,1-2H3,(H,14,16). The minimum Gasteiger partial charge on any atom is -0.506 e. The summed E-state index contributed by atoms with van der Waals surface area (Å²) >= 11 is 0. The molecule has 0 unspecified atom stereocenters. The van der Waals surface area contributed by atoms with Gasteiger partial charge in [-0.1, -0.05) is 12.1 Å². The summed E-state index contributed by atoms with van der Waals surface area (Å²) in [5, 5.41) is 12.2. The van der Waals surface area contributed by atoms with Gasteiger partial charge in [0.1, 0.15) is 17.3 Å². The Hall–Kier alpha value is -2.23. The highest BCUT2D eigenvalue weighted by atomic mass is 16.3. The number of nitrogens with one attached hydrogen (secondary N) is 1. The number of aromatic hydroxyl groups is 1. The third kappa shape index (κ3) is 2.30. The predicted octanol–water partition coefficient (Wildman–Crippen LogP) is 2.85. The van der Waals surface area contributed by atoms with Crippen LogP contribution in [-0.2, 0) is 0 Å². The molecule has 1 aromatic carbocycles. The largest absolute Gasteiger partial charge is 0.506 e. The number of hydrogen-bond acceptors (Lipinski definition) is 3. The zero-order valence-electron chi connectivity index (χ0n) is 9.65. The van der Waals surface area contributed by atoms with E-state index in [1.807, 2.05) is 0 Å². The highest BCUT2D eigenvalue weighted by Gasteiger charge is 2.14. The fraction of sp³-hybridized carbons (Fsp3) is 0.154. The molecule has 0 aliphatic heterocycles. The van der Waals surface area contributed by atoms with Gasteiger partial charge in [0.25, 0.3) is 5.91 Å². The normalized spacial score (nSPS) is 10.2. The third-order valence-corrected chi connectivity index (χ3v) is 2.44. The van der Waals surface area contributed by atoms with Gasteiger partial charge in [-0.05, 0) is 32.0 Å². The first-order valence-electron chi connectivity index (χ1n) is 5.24. The molecular weight excluding hydrogens is 218 g/mol. The van der Waals surface area contributed by atoms with Crippen molar-refractivity contribution in [1.29, 1.82) is 0 Å². The van der Waals surface area contributed by atoms with Gasteiger partial charge < -0.3 is 14.8 Å². The van der Waals surface area contributed by atoms with Gasteiger partial charge in [0.2, 0.25) is 0 Å². The molecule has 2 N–H and O–H groups in total. The smallest absolute Gasteiger partial charge is 0.259 e. The Morgan fingerprint density at radius 2 is 2.00 bits per heavy atom. The fourth-order valence-corrected chi connectivity index (χ4v) is 1.63. The summed E-state index contributed by atoms with van der Waals surface area (Å²) in [6.45, 7) is 3.51. The highest BCUT2D eigenvalue weighted by molar-refractivity contribution is 6.05. The van der Waals surface area contributed by atoms with Crippen LogP contribution in [0.25, 0.3) is 0 Å². The Kier molecular flexibility index (Phi) is 2.87. The van der Waals surface area contributed by atoms with Crippen molar-refractivity contribution in [2.24, 2.45) is 0 Å². The molecule has 0 bridgehead atoms. The average Bonchev–Trinajstić information content (AvgIpc) is 2.61. The van der Waals surface area contributed by atoms with Crippen molar-refractivity contribution in [3.8, 4) is 5.75 Å². The number of para-hydroxylation sites is 2. The number of carbonyl (C=O) groups is 1. The lowest BCUT2D eigenvalue weighted by atomic mass is 10.2. The quantitative estimate of drug-likeness (QED) is 0.781. The van der Waals surface area contributed by atoms with Crippen LogP contribution in [0, 0.1) is 13.8 Å². The molecule has 0 spiro atoms. The number of furan rings is 1. The van der Waals surface area contributed by atoms with Crippen LogP contribution in [0.3, 0.4) is 0 Å². The average molecular weight is 231 g/mol. The Balaban J connectivity index is 2.23. The zero-order valence-corrected chi connectivity index (χ0v) is 9.65. The van der Waals surface area contributed by atoms with E-state index in [1.165, 1.54) is 6.07 Å². The number of amides is 1. The number of phenolic OH excluding ortho intramolecular Hbond substituents is 1. The van der Waals surface area contributed by atoms with Crippen LogP contribution >= 0.6 is 0 Å². The first kappa shape index (κ1) is 11.3. The number of anilines is 1. The van der Waals surface area contributed by atoms with Crippen molar-refractivity contribution >= 4 is 11.6 Å². The number of benzene rings is 1. The predicted molar refractivity (Wildman–Crippen MR) is 64.2 cm³/mol. The molecule has 0 saturated carbocycles. The number of hydrogen-bond donors (Lipinski definition) is 2. The van der Waals surface area contributed by atoms with Crippen molar-refractivity contribution in [3.63, 3.8) is 0 Å². The van der Waals surface area contributed by atoms with Crippen LogP contribution in [0.4, 0.5) is 5.69 Å². The second-order valence-corrected chi connectivity index (χ2v) is 3.80. The van der Waals surface area contributed by atoms with E-state index in [1.54, 1.807) is 38.1 Å². The van der Waals surface area contributed by atoms with Gasteiger partial charge in [0.15, 0.2) is 0 Å². The molecule has 1 aromatic heterocycles. The van der Waals surface area contributed by atoms with Crippen LogP contribution in [0.2, 0.25) is 0 Å². The summed E-state index contributed by atoms with van der Waals surface area (Å²) in [6, 6.07) is 8.25. The van der Waals surface area contributed by atoms with E-state index in [0.717, 1.165) is 0 Å². The van der Waals surface area contributed by atoms with E-state index in [4.69, 9.17) is 4.42 Å². The molecule has 88 valence electrons. The Morgan fingerprint density at radius 1 is 1.29 bits per heavy atom. The van der Waals surface area contributed by atoms with Crippen LogP contribution in [0.15, 0.2) is 34.7 Å². The lowest BCUT2D eigenvalue weighted by Crippen LogP contribution is -2.12. The zero-order chi connectivity index (χ0) is 12.4. The molecule has 2 rings (SSSR count). The van der Waals surface area contributed by atoms with Crippen LogP contribution in [0.1, 0.15) is 21.9 Å². The molecule has 0 aliphatic carbocycles. The maximum absolute atomic E-state index is 11.9. The maximum atomic E-state index is 11.9. The summed E-state index contributed by atoms with van der Waals surface area (Å²) in [5.41, 5.74) is 0.863. The van der Waals surface area contributed by atoms with Crippen molar-refractivity contribution in [2.75, 3.05) is 5.32 Å². The van der Waals surface area contributed by atoms with Gasteiger partial charge in [0.05, 0.1) is 11.3 Å². The second-order valence-electron chi connectivity index (χ2n) is 3.80. The highest BCUT2D eigenvalue weighted by Crippen LogP contribution is 2.23. The number of carbonyl (C=O) groups excluding carboxylic acids is 1. The minimum atomic E-state index is -0.291. The summed E-state index contributed by atoms with van der Waals surface area (Å²) in [5.74, 6) is 1.000. The monoisotopic (exact) mass is 231 g/mol. The van der Waals surface area contributed by atoms with Crippen molar-refractivity contribution in [3.05, 3.63) is 47.4 Å². The molecule has 0 fully saturated rings. The van der Waals surface area contributed by atoms with E-state index < -0.39 is 0 Å². The Morgan fingerprint density at radius 3 is 2.59 bits per heavy atom. The fourth-order valence-electron chi connectivity index (χ4n) is 1.63. The van der Waals surface area contributed by atoms with Gasteiger partial charge in [0, 0.05) is 0 Å². The van der Waals surface area contributed by atoms with E-state index in [0.29, 0.717) is 22.8 Å². The van der Waals surface area contributed by atoms with Gasteiger partial charge in [-0.25, -0.2) is 0 Å². The molecular formula is C13H13NO3. The molecule has 4 nitrogen and oxygen atoms in total. The second kappa shape index (κ2) is 4.33. The number of rotatable bonds is 2. The van der Waals surface area contributed by atoms with Crippen LogP contribution < -0.4 is 5.32 Å². The van der Waals surface area contributed by atoms with E-state index in [-0.39, 0.29) is 11.7 Å². The SMILES string of the molecule is Cc1cc(C(=O)Nc2ccccc2O)c(C)o1. The molecule has 4 heteroatoms. The van der Waals surface area contributed by atoms with Gasteiger partial charge >= 0.3 is 0 Å². The van der Waals surface area contributed by atoms with Crippen molar-refractivity contribution in [1.82, 2.24) is 0 Å². The molecule has 1 heterocycles. The van der Waals surface area contributed by atoms with Crippen LogP contribution in [0.5, 0.6) is 5.75 Å². The number of phenols is 1. The lowest BCUT2D eigenvalue weighted by Gasteiger charge is -2.05. The van der Waals surface area contributed by atoms with Gasteiger partial charge in [-0.15, -0.1) is 0 Å². The van der Waals surface area contributed by atoms with E-state index >= 15 is 0 Å². The molecule has 0 atom stereocenters. The van der Waals surface area contributed by atoms with Gasteiger partial charge in [-0.3, -0.25) is 4.79 Å². The van der Waals surface area contributed by atoms with Crippen LogP contribution in [-0.4, -0.2) is 11.0 Å². The van der Waals surface area contributed by atoms with E-state index in [2.05, 4.69) is 5.32 Å². The molecule has 2 aromatic rings. The summed E-state index contributed by atoms with van der Waals surface area (Å²) in [7, 11) is 0. The molecule has 0 saturated heterocycles. The molecule has 0 aliphatic rings. The topological polar surface area (TPSA) is 62.5 Å².